The smallest absolute Gasteiger partial charge is 0.150 e. The van der Waals surface area contributed by atoms with E-state index in [1.54, 1.807) is 18.2 Å². The third-order valence-electron chi connectivity index (χ3n) is 1.32. The quantitative estimate of drug-likeness (QED) is 0.535. The second-order valence-electron chi connectivity index (χ2n) is 2.05. The van der Waals surface area contributed by atoms with Crippen molar-refractivity contribution in [3.05, 3.63) is 29.3 Å². The van der Waals surface area contributed by atoms with Crippen LogP contribution in [0.25, 0.3) is 0 Å². The Balaban J connectivity index is 3.26. The minimum Gasteiger partial charge on any atom is -0.298 e. The lowest BCUT2D eigenvalue weighted by Crippen LogP contribution is -1.89. The Hall–Kier alpha value is -1.09. The molecule has 0 spiro atoms. The van der Waals surface area contributed by atoms with E-state index in [9.17, 15) is 9.59 Å². The molecule has 0 fully saturated rings. The van der Waals surface area contributed by atoms with Crippen LogP contribution in [0.5, 0.6) is 0 Å². The van der Waals surface area contributed by atoms with Gasteiger partial charge in [0.05, 0.1) is 0 Å². The fourth-order valence-corrected chi connectivity index (χ4v) is 0.985. The molecule has 0 aromatic heterocycles. The molecule has 0 aliphatic rings. The Labute approximate surface area is 69.6 Å². The third-order valence-corrected chi connectivity index (χ3v) is 1.60. The van der Waals surface area contributed by atoms with Gasteiger partial charge >= 0.3 is 0 Å². The van der Waals surface area contributed by atoms with Gasteiger partial charge in [-0.2, -0.15) is 0 Å². The van der Waals surface area contributed by atoms with Crippen LogP contribution in [0.1, 0.15) is 20.7 Å². The number of hydrogen-bond acceptors (Lipinski definition) is 3. The number of carbonyl (C=O) groups is 2. The average molecular weight is 166 g/mol. The molecule has 0 saturated heterocycles. The van der Waals surface area contributed by atoms with Gasteiger partial charge in [-0.25, -0.2) is 0 Å². The zero-order valence-electron chi connectivity index (χ0n) is 5.65. The van der Waals surface area contributed by atoms with E-state index in [1.165, 1.54) is 0 Å². The van der Waals surface area contributed by atoms with Gasteiger partial charge in [-0.1, -0.05) is 0 Å². The molecule has 0 saturated carbocycles. The molecule has 0 aliphatic heterocycles. The first-order valence-electron chi connectivity index (χ1n) is 3.01. The maximum atomic E-state index is 10.3. The molecule has 0 aliphatic carbocycles. The first-order chi connectivity index (χ1) is 5.27. The van der Waals surface area contributed by atoms with E-state index in [-0.39, 0.29) is 0 Å². The van der Waals surface area contributed by atoms with Crippen molar-refractivity contribution in [3.8, 4) is 0 Å². The zero-order valence-corrected chi connectivity index (χ0v) is 6.54. The van der Waals surface area contributed by atoms with Crippen LogP contribution < -0.4 is 0 Å². The summed E-state index contributed by atoms with van der Waals surface area (Å²) in [6.45, 7) is 0. The molecule has 0 atom stereocenters. The maximum Gasteiger partial charge on any atom is 0.150 e. The van der Waals surface area contributed by atoms with E-state index < -0.39 is 0 Å². The van der Waals surface area contributed by atoms with Gasteiger partial charge in [-0.05, 0) is 18.2 Å². The van der Waals surface area contributed by atoms with Crippen molar-refractivity contribution in [1.29, 1.82) is 0 Å². The predicted octanol–water partition coefficient (Wildman–Crippen LogP) is 1.60. The summed E-state index contributed by atoms with van der Waals surface area (Å²) in [6.07, 6.45) is 1.29. The monoisotopic (exact) mass is 166 g/mol. The summed E-state index contributed by atoms with van der Waals surface area (Å²) in [7, 11) is 0. The van der Waals surface area contributed by atoms with Crippen molar-refractivity contribution < 1.29 is 9.59 Å². The molecule has 0 unspecified atom stereocenters. The first kappa shape index (κ1) is 8.01. The highest BCUT2D eigenvalue weighted by molar-refractivity contribution is 7.80. The van der Waals surface area contributed by atoms with Crippen molar-refractivity contribution in [2.45, 2.75) is 4.90 Å². The number of carbonyl (C=O) groups excluding carboxylic acids is 2. The van der Waals surface area contributed by atoms with Crippen molar-refractivity contribution in [2.24, 2.45) is 0 Å². The number of benzene rings is 1. The summed E-state index contributed by atoms with van der Waals surface area (Å²) in [5.74, 6) is 0. The van der Waals surface area contributed by atoms with Gasteiger partial charge in [-0.3, -0.25) is 9.59 Å². The summed E-state index contributed by atoms with van der Waals surface area (Å²) < 4.78 is 0. The number of aldehydes is 2. The van der Waals surface area contributed by atoms with Gasteiger partial charge in [0.2, 0.25) is 0 Å². The van der Waals surface area contributed by atoms with Gasteiger partial charge in [0.1, 0.15) is 0 Å². The van der Waals surface area contributed by atoms with E-state index >= 15 is 0 Å². The fraction of sp³-hybridized carbons (Fsp3) is 0. The summed E-state index contributed by atoms with van der Waals surface area (Å²) in [6, 6.07) is 4.79. The molecule has 3 heteroatoms. The maximum absolute atomic E-state index is 10.3. The molecule has 0 heterocycles. The number of hydrogen-bond donors (Lipinski definition) is 1. The Morgan fingerprint density at radius 2 is 1.73 bits per heavy atom. The molecule has 0 bridgehead atoms. The molecule has 0 amide bonds. The van der Waals surface area contributed by atoms with Crippen molar-refractivity contribution in [1.82, 2.24) is 0 Å². The average Bonchev–Trinajstić information content (AvgIpc) is 2.04. The van der Waals surface area contributed by atoms with Crippen LogP contribution in [-0.2, 0) is 0 Å². The molecule has 11 heavy (non-hydrogen) atoms. The van der Waals surface area contributed by atoms with Gasteiger partial charge in [0.15, 0.2) is 12.6 Å². The standard InChI is InChI=1S/C8H6O2S/c9-4-6-1-2-8(11)3-7(6)5-10/h1-5,11H. The fourth-order valence-electron chi connectivity index (χ4n) is 0.772. The second-order valence-corrected chi connectivity index (χ2v) is 2.57. The van der Waals surface area contributed by atoms with Crippen molar-refractivity contribution in [3.63, 3.8) is 0 Å². The van der Waals surface area contributed by atoms with Crippen LogP contribution in [0.15, 0.2) is 23.1 Å². The van der Waals surface area contributed by atoms with Gasteiger partial charge in [-0.15, -0.1) is 12.6 Å². The van der Waals surface area contributed by atoms with Crippen LogP contribution in [-0.4, -0.2) is 12.6 Å². The van der Waals surface area contributed by atoms with Crippen LogP contribution in [0.2, 0.25) is 0 Å². The Morgan fingerprint density at radius 3 is 2.27 bits per heavy atom. The third kappa shape index (κ3) is 1.68. The molecule has 0 N–H and O–H groups in total. The van der Waals surface area contributed by atoms with Gasteiger partial charge in [0.25, 0.3) is 0 Å². The highest BCUT2D eigenvalue weighted by atomic mass is 32.1. The predicted molar refractivity (Wildman–Crippen MR) is 44.5 cm³/mol. The highest BCUT2D eigenvalue weighted by Crippen LogP contribution is 2.10. The lowest BCUT2D eigenvalue weighted by Gasteiger charge is -1.95. The molecular weight excluding hydrogens is 160 g/mol. The number of rotatable bonds is 2. The molecule has 1 aromatic rings. The van der Waals surface area contributed by atoms with Gasteiger partial charge in [0, 0.05) is 16.0 Å². The Bertz CT molecular complexity index is 294. The summed E-state index contributed by atoms with van der Waals surface area (Å²) >= 11 is 4.02. The highest BCUT2D eigenvalue weighted by Gasteiger charge is 1.98. The second kappa shape index (κ2) is 3.34. The molecule has 0 radical (unpaired) electrons. The summed E-state index contributed by atoms with van der Waals surface area (Å²) in [4.78, 5) is 21.3. The molecule has 1 rings (SSSR count). The zero-order chi connectivity index (χ0) is 8.27. The van der Waals surface area contributed by atoms with Crippen LogP contribution >= 0.6 is 12.6 Å². The SMILES string of the molecule is O=Cc1ccc(S)cc1C=O. The topological polar surface area (TPSA) is 34.1 Å². The van der Waals surface area contributed by atoms with E-state index in [1.807, 2.05) is 0 Å². The van der Waals surface area contributed by atoms with Gasteiger partial charge < -0.3 is 0 Å². The minimum absolute atomic E-state index is 0.382. The molecule has 1 aromatic carbocycles. The normalized spacial score (nSPS) is 9.18. The Kier molecular flexibility index (Phi) is 2.44. The summed E-state index contributed by atoms with van der Waals surface area (Å²) in [5, 5.41) is 0. The molecule has 56 valence electrons. The van der Waals surface area contributed by atoms with E-state index in [2.05, 4.69) is 12.6 Å². The van der Waals surface area contributed by atoms with Crippen LogP contribution in [0.4, 0.5) is 0 Å². The molecule has 2 nitrogen and oxygen atoms in total. The van der Waals surface area contributed by atoms with E-state index in [4.69, 9.17) is 0 Å². The van der Waals surface area contributed by atoms with E-state index in [0.29, 0.717) is 28.6 Å². The van der Waals surface area contributed by atoms with Crippen LogP contribution in [0.3, 0.4) is 0 Å². The lowest BCUT2D eigenvalue weighted by molar-refractivity contribution is 0.109. The van der Waals surface area contributed by atoms with Crippen LogP contribution in [0, 0.1) is 0 Å². The lowest BCUT2D eigenvalue weighted by atomic mass is 10.1. The minimum atomic E-state index is 0.382. The Morgan fingerprint density at radius 1 is 1.09 bits per heavy atom. The molecular formula is C8H6O2S. The number of thiol groups is 1. The summed E-state index contributed by atoms with van der Waals surface area (Å²) in [5.41, 5.74) is 0.783. The first-order valence-corrected chi connectivity index (χ1v) is 3.46. The van der Waals surface area contributed by atoms with Crippen molar-refractivity contribution in [2.75, 3.05) is 0 Å². The van der Waals surface area contributed by atoms with Crippen molar-refractivity contribution >= 4 is 25.2 Å². The van der Waals surface area contributed by atoms with E-state index in [0.717, 1.165) is 0 Å². The largest absolute Gasteiger partial charge is 0.298 e.